The van der Waals surface area contributed by atoms with Crippen LogP contribution in [0.25, 0.3) is 0 Å². The van der Waals surface area contributed by atoms with Gasteiger partial charge >= 0.3 is 0 Å². The molecule has 1 aromatic rings. The van der Waals surface area contributed by atoms with Crippen LogP contribution in [0.4, 0.5) is 0 Å². The zero-order valence-electron chi connectivity index (χ0n) is 15.0. The molecule has 1 spiro atoms. The number of amides is 1. The summed E-state index contributed by atoms with van der Waals surface area (Å²) in [4.78, 5) is 15.5. The third-order valence-corrected chi connectivity index (χ3v) is 5.49. The lowest BCUT2D eigenvalue weighted by Gasteiger charge is -2.50. The Kier molecular flexibility index (Phi) is 6.00. The number of rotatable bonds is 7. The highest BCUT2D eigenvalue weighted by Gasteiger charge is 2.52. The molecule has 2 aliphatic heterocycles. The van der Waals surface area contributed by atoms with Crippen molar-refractivity contribution in [2.75, 3.05) is 47.0 Å². The molecule has 0 radical (unpaired) electrons. The first kappa shape index (κ1) is 18.6. The average molecular weight is 367 g/mol. The van der Waals surface area contributed by atoms with Gasteiger partial charge in [0.1, 0.15) is 6.61 Å². The maximum Gasteiger partial charge on any atom is 0.248 e. The molecule has 0 saturated carbocycles. The number of likely N-dealkylation sites (N-methyl/N-ethyl adjacent to an activating group) is 1. The van der Waals surface area contributed by atoms with E-state index in [0.29, 0.717) is 12.5 Å². The molecule has 0 unspecified atom stereocenters. The lowest BCUT2D eigenvalue weighted by molar-refractivity contribution is -0.141. The number of carbonyl (C=O) groups is 1. The molecule has 6 heteroatoms. The predicted molar refractivity (Wildman–Crippen MR) is 97.6 cm³/mol. The molecule has 2 heterocycles. The zero-order valence-corrected chi connectivity index (χ0v) is 15.8. The third-order valence-electron chi connectivity index (χ3n) is 5.24. The Hall–Kier alpha value is -1.14. The van der Waals surface area contributed by atoms with Crippen molar-refractivity contribution in [3.63, 3.8) is 0 Å². The summed E-state index contributed by atoms with van der Waals surface area (Å²) in [6, 6.07) is 8.03. The highest BCUT2D eigenvalue weighted by molar-refractivity contribution is 6.30. The van der Waals surface area contributed by atoms with E-state index in [0.717, 1.165) is 44.1 Å². The van der Waals surface area contributed by atoms with Gasteiger partial charge in [0.15, 0.2) is 0 Å². The second-order valence-electron chi connectivity index (χ2n) is 7.30. The summed E-state index contributed by atoms with van der Waals surface area (Å²) in [5.41, 5.74) is 1.26. The van der Waals surface area contributed by atoms with Crippen molar-refractivity contribution in [2.45, 2.75) is 25.0 Å². The van der Waals surface area contributed by atoms with E-state index in [-0.39, 0.29) is 18.1 Å². The quantitative estimate of drug-likeness (QED) is 0.695. The minimum absolute atomic E-state index is 0.00942. The van der Waals surface area contributed by atoms with E-state index in [4.69, 9.17) is 21.1 Å². The van der Waals surface area contributed by atoms with E-state index < -0.39 is 0 Å². The number of nitrogens with zero attached hydrogens (tertiary/aromatic N) is 2. The van der Waals surface area contributed by atoms with Crippen LogP contribution in [-0.4, -0.2) is 68.3 Å². The summed E-state index contributed by atoms with van der Waals surface area (Å²) in [6.07, 6.45) is 2.04. The number of likely N-dealkylation sites (tertiary alicyclic amines) is 1. The fourth-order valence-corrected chi connectivity index (χ4v) is 3.85. The molecule has 1 aromatic carbocycles. The molecule has 138 valence electrons. The first-order valence-electron chi connectivity index (χ1n) is 8.87. The molecule has 0 aromatic heterocycles. The second kappa shape index (κ2) is 8.04. The largest absolute Gasteiger partial charge is 0.372 e. The van der Waals surface area contributed by atoms with Gasteiger partial charge in [-0.25, -0.2) is 0 Å². The van der Waals surface area contributed by atoms with E-state index in [1.165, 1.54) is 5.56 Å². The Bertz CT molecular complexity index is 585. The fraction of sp³-hybridized carbons (Fsp3) is 0.632. The first-order valence-corrected chi connectivity index (χ1v) is 9.25. The van der Waals surface area contributed by atoms with Gasteiger partial charge in [-0.15, -0.1) is 0 Å². The fourth-order valence-electron chi connectivity index (χ4n) is 3.73. The van der Waals surface area contributed by atoms with Crippen LogP contribution in [-0.2, 0) is 20.8 Å². The molecule has 1 amide bonds. The molecule has 1 atom stereocenters. The van der Waals surface area contributed by atoms with Crippen LogP contribution in [0, 0.1) is 5.92 Å². The lowest BCUT2D eigenvalue weighted by atomic mass is 9.79. The molecule has 25 heavy (non-hydrogen) atoms. The highest BCUT2D eigenvalue weighted by Crippen LogP contribution is 2.42. The van der Waals surface area contributed by atoms with E-state index in [9.17, 15) is 4.79 Å². The molecule has 2 saturated heterocycles. The predicted octanol–water partition coefficient (Wildman–Crippen LogP) is 2.43. The summed E-state index contributed by atoms with van der Waals surface area (Å²) >= 11 is 5.94. The van der Waals surface area contributed by atoms with Crippen molar-refractivity contribution < 1.29 is 14.3 Å². The van der Waals surface area contributed by atoms with E-state index in [2.05, 4.69) is 17.0 Å². The number of hydrogen-bond donors (Lipinski definition) is 0. The minimum Gasteiger partial charge on any atom is -0.372 e. The van der Waals surface area contributed by atoms with E-state index >= 15 is 0 Å². The third kappa shape index (κ3) is 4.53. The van der Waals surface area contributed by atoms with Crippen molar-refractivity contribution >= 4 is 17.5 Å². The van der Waals surface area contributed by atoms with Crippen molar-refractivity contribution in [3.8, 4) is 0 Å². The standard InChI is InChI=1S/C19H27ClN2O3/c1-21(2)18(23)12-24-9-7-16-8-10-25-19(16)13-22(14-19)11-15-3-5-17(20)6-4-15/h3-6,16H,7-14H2,1-2H3/t16-/m1/s1. The number of benzene rings is 1. The Labute approximate surface area is 154 Å². The summed E-state index contributed by atoms with van der Waals surface area (Å²) in [6.45, 7) is 4.48. The Balaban J connectivity index is 1.42. The van der Waals surface area contributed by atoms with Crippen LogP contribution in [0.1, 0.15) is 18.4 Å². The van der Waals surface area contributed by atoms with E-state index in [1.807, 2.05) is 12.1 Å². The van der Waals surface area contributed by atoms with Gasteiger partial charge in [0.2, 0.25) is 5.91 Å². The number of halogens is 1. The smallest absolute Gasteiger partial charge is 0.248 e. The topological polar surface area (TPSA) is 42.0 Å². The molecular weight excluding hydrogens is 340 g/mol. The highest BCUT2D eigenvalue weighted by atomic mass is 35.5. The minimum atomic E-state index is -0.0126. The normalized spacial score (nSPS) is 22.1. The van der Waals surface area contributed by atoms with Gasteiger partial charge in [0.05, 0.1) is 5.60 Å². The SMILES string of the molecule is CN(C)C(=O)COCC[C@@H]1CCOC12CN(Cc1ccc(Cl)cc1)C2. The number of hydrogen-bond acceptors (Lipinski definition) is 4. The van der Waals surface area contributed by atoms with Crippen LogP contribution < -0.4 is 0 Å². The monoisotopic (exact) mass is 366 g/mol. The van der Waals surface area contributed by atoms with Crippen LogP contribution >= 0.6 is 11.6 Å². The second-order valence-corrected chi connectivity index (χ2v) is 7.74. The summed E-state index contributed by atoms with van der Waals surface area (Å²) in [5.74, 6) is 0.526. The molecule has 2 aliphatic rings. The Morgan fingerprint density at radius 1 is 1.36 bits per heavy atom. The van der Waals surface area contributed by atoms with Gasteiger partial charge in [-0.05, 0) is 36.5 Å². The Morgan fingerprint density at radius 2 is 2.08 bits per heavy atom. The van der Waals surface area contributed by atoms with Gasteiger partial charge in [-0.3, -0.25) is 9.69 Å². The van der Waals surface area contributed by atoms with Gasteiger partial charge in [0.25, 0.3) is 0 Å². The van der Waals surface area contributed by atoms with Gasteiger partial charge < -0.3 is 14.4 Å². The number of carbonyl (C=O) groups excluding carboxylic acids is 1. The number of ether oxygens (including phenoxy) is 2. The first-order chi connectivity index (χ1) is 12.0. The molecule has 0 aliphatic carbocycles. The maximum atomic E-state index is 11.5. The van der Waals surface area contributed by atoms with Gasteiger partial charge in [-0.1, -0.05) is 23.7 Å². The van der Waals surface area contributed by atoms with Crippen molar-refractivity contribution in [1.82, 2.24) is 9.80 Å². The average Bonchev–Trinajstić information content (AvgIpc) is 2.96. The Morgan fingerprint density at radius 3 is 2.76 bits per heavy atom. The molecule has 0 bridgehead atoms. The van der Waals surface area contributed by atoms with Crippen molar-refractivity contribution in [1.29, 1.82) is 0 Å². The van der Waals surface area contributed by atoms with Gasteiger partial charge in [0, 0.05) is 52.0 Å². The molecule has 2 fully saturated rings. The summed E-state index contributed by atoms with van der Waals surface area (Å²) < 4.78 is 11.6. The maximum absolute atomic E-state index is 11.5. The van der Waals surface area contributed by atoms with Gasteiger partial charge in [-0.2, -0.15) is 0 Å². The van der Waals surface area contributed by atoms with Crippen LogP contribution in [0.5, 0.6) is 0 Å². The van der Waals surface area contributed by atoms with E-state index in [1.54, 1.807) is 19.0 Å². The van der Waals surface area contributed by atoms with Crippen molar-refractivity contribution in [3.05, 3.63) is 34.9 Å². The summed E-state index contributed by atoms with van der Waals surface area (Å²) in [5, 5.41) is 0.774. The van der Waals surface area contributed by atoms with Crippen LogP contribution in [0.2, 0.25) is 5.02 Å². The molecular formula is C19H27ClN2O3. The van der Waals surface area contributed by atoms with Crippen molar-refractivity contribution in [2.24, 2.45) is 5.92 Å². The zero-order chi connectivity index (χ0) is 17.9. The lowest BCUT2D eigenvalue weighted by Crippen LogP contribution is -2.64. The van der Waals surface area contributed by atoms with Crippen LogP contribution in [0.15, 0.2) is 24.3 Å². The molecule has 5 nitrogen and oxygen atoms in total. The molecule has 0 N–H and O–H groups in total. The summed E-state index contributed by atoms with van der Waals surface area (Å²) in [7, 11) is 3.49. The van der Waals surface area contributed by atoms with Crippen LogP contribution in [0.3, 0.4) is 0 Å². The molecule has 3 rings (SSSR count).